The molecule has 0 atom stereocenters. The topological polar surface area (TPSA) is 29.0 Å². The number of rotatable bonds is 2. The summed E-state index contributed by atoms with van der Waals surface area (Å²) >= 11 is 5.67. The van der Waals surface area contributed by atoms with Crippen LogP contribution in [0.4, 0.5) is 5.95 Å². The van der Waals surface area contributed by atoms with E-state index in [1.165, 1.54) is 12.8 Å². The van der Waals surface area contributed by atoms with E-state index in [2.05, 4.69) is 14.9 Å². The fourth-order valence-electron chi connectivity index (χ4n) is 1.11. The minimum Gasteiger partial charge on any atom is -0.341 e. The summed E-state index contributed by atoms with van der Waals surface area (Å²) < 4.78 is 0. The average Bonchev–Trinajstić information content (AvgIpc) is 2.87. The van der Waals surface area contributed by atoms with Gasteiger partial charge in [-0.05, 0) is 12.8 Å². The van der Waals surface area contributed by atoms with Crippen LogP contribution in [0.5, 0.6) is 0 Å². The highest BCUT2D eigenvalue weighted by Gasteiger charge is 2.27. The van der Waals surface area contributed by atoms with Crippen molar-refractivity contribution in [1.29, 1.82) is 0 Å². The molecule has 1 heterocycles. The van der Waals surface area contributed by atoms with E-state index in [-0.39, 0.29) is 0 Å². The standard InChI is InChI=1S/C8H10ClN3/c1-12(7-2-3-7)8-10-4-6(9)5-11-8/h4-5,7H,2-3H2,1H3. The molecule has 1 aliphatic rings. The van der Waals surface area contributed by atoms with E-state index >= 15 is 0 Å². The van der Waals surface area contributed by atoms with Crippen LogP contribution >= 0.6 is 11.6 Å². The van der Waals surface area contributed by atoms with Gasteiger partial charge in [-0.2, -0.15) is 0 Å². The number of hydrogen-bond donors (Lipinski definition) is 0. The minimum absolute atomic E-state index is 0.586. The summed E-state index contributed by atoms with van der Waals surface area (Å²) in [6, 6.07) is 0.645. The van der Waals surface area contributed by atoms with Crippen molar-refractivity contribution in [1.82, 2.24) is 9.97 Å². The third-order valence-electron chi connectivity index (χ3n) is 2.02. The molecule has 3 nitrogen and oxygen atoms in total. The molecule has 0 saturated heterocycles. The van der Waals surface area contributed by atoms with Crippen LogP contribution in [0, 0.1) is 0 Å². The first-order chi connectivity index (χ1) is 5.77. The molecule has 0 spiro atoms. The van der Waals surface area contributed by atoms with E-state index in [1.54, 1.807) is 12.4 Å². The van der Waals surface area contributed by atoms with Crippen LogP contribution < -0.4 is 4.90 Å². The Morgan fingerprint density at radius 1 is 1.42 bits per heavy atom. The van der Waals surface area contributed by atoms with Gasteiger partial charge in [-0.25, -0.2) is 9.97 Å². The number of hydrogen-bond acceptors (Lipinski definition) is 3. The highest BCUT2D eigenvalue weighted by atomic mass is 35.5. The number of halogens is 1. The fraction of sp³-hybridized carbons (Fsp3) is 0.500. The molecule has 0 aromatic carbocycles. The van der Waals surface area contributed by atoms with Crippen LogP contribution in [0.3, 0.4) is 0 Å². The summed E-state index contributed by atoms with van der Waals surface area (Å²) in [5.74, 6) is 0.766. The Hall–Kier alpha value is -0.830. The first kappa shape index (κ1) is 7.80. The van der Waals surface area contributed by atoms with Crippen molar-refractivity contribution >= 4 is 17.5 Å². The maximum Gasteiger partial charge on any atom is 0.225 e. The predicted molar refractivity (Wildman–Crippen MR) is 48.5 cm³/mol. The lowest BCUT2D eigenvalue weighted by Gasteiger charge is -2.14. The molecule has 1 saturated carbocycles. The lowest BCUT2D eigenvalue weighted by molar-refractivity contribution is 0.861. The average molecular weight is 184 g/mol. The molecule has 0 amide bonds. The molecule has 0 aliphatic heterocycles. The van der Waals surface area contributed by atoms with Gasteiger partial charge >= 0.3 is 0 Å². The molecule has 0 bridgehead atoms. The predicted octanol–water partition coefficient (Wildman–Crippen LogP) is 1.73. The van der Waals surface area contributed by atoms with Gasteiger partial charge in [-0.15, -0.1) is 0 Å². The molecule has 1 aliphatic carbocycles. The SMILES string of the molecule is CN(c1ncc(Cl)cn1)C1CC1. The Morgan fingerprint density at radius 2 is 2.00 bits per heavy atom. The molecule has 0 unspecified atom stereocenters. The van der Waals surface area contributed by atoms with Gasteiger partial charge in [-0.3, -0.25) is 0 Å². The zero-order valence-electron chi connectivity index (χ0n) is 6.87. The van der Waals surface area contributed by atoms with E-state index in [0.717, 1.165) is 5.95 Å². The van der Waals surface area contributed by atoms with Crippen LogP contribution in [0.1, 0.15) is 12.8 Å². The van der Waals surface area contributed by atoms with Gasteiger partial charge in [0.15, 0.2) is 0 Å². The van der Waals surface area contributed by atoms with E-state index in [9.17, 15) is 0 Å². The smallest absolute Gasteiger partial charge is 0.225 e. The van der Waals surface area contributed by atoms with Crippen molar-refractivity contribution in [3.63, 3.8) is 0 Å². The quantitative estimate of drug-likeness (QED) is 0.700. The lowest BCUT2D eigenvalue weighted by atomic mass is 10.6. The molecular weight excluding hydrogens is 174 g/mol. The molecule has 1 fully saturated rings. The van der Waals surface area contributed by atoms with Crippen molar-refractivity contribution in [3.05, 3.63) is 17.4 Å². The van der Waals surface area contributed by atoms with E-state index in [0.29, 0.717) is 11.1 Å². The Kier molecular flexibility index (Phi) is 1.89. The molecule has 0 radical (unpaired) electrons. The maximum atomic E-state index is 5.67. The monoisotopic (exact) mass is 183 g/mol. The summed E-state index contributed by atoms with van der Waals surface area (Å²) in [4.78, 5) is 10.3. The number of aromatic nitrogens is 2. The number of nitrogens with zero attached hydrogens (tertiary/aromatic N) is 3. The third-order valence-corrected chi connectivity index (χ3v) is 2.21. The summed E-state index contributed by atoms with van der Waals surface area (Å²) in [5, 5.41) is 0.586. The third kappa shape index (κ3) is 1.50. The summed E-state index contributed by atoms with van der Waals surface area (Å²) in [6.07, 6.45) is 5.76. The van der Waals surface area contributed by atoms with Crippen molar-refractivity contribution < 1.29 is 0 Å². The summed E-state index contributed by atoms with van der Waals surface area (Å²) in [6.45, 7) is 0. The zero-order valence-corrected chi connectivity index (χ0v) is 7.62. The summed E-state index contributed by atoms with van der Waals surface area (Å²) in [7, 11) is 2.01. The minimum atomic E-state index is 0.586. The number of anilines is 1. The zero-order chi connectivity index (χ0) is 8.55. The molecular formula is C8H10ClN3. The second kappa shape index (κ2) is 2.90. The second-order valence-corrected chi connectivity index (χ2v) is 3.48. The van der Waals surface area contributed by atoms with E-state index in [4.69, 9.17) is 11.6 Å². The van der Waals surface area contributed by atoms with Crippen molar-refractivity contribution in [2.75, 3.05) is 11.9 Å². The van der Waals surface area contributed by atoms with Gasteiger partial charge in [0, 0.05) is 13.1 Å². The molecule has 4 heteroatoms. The molecule has 0 N–H and O–H groups in total. The maximum absolute atomic E-state index is 5.67. The Bertz CT molecular complexity index is 268. The van der Waals surface area contributed by atoms with Crippen molar-refractivity contribution in [2.24, 2.45) is 0 Å². The molecule has 64 valence electrons. The van der Waals surface area contributed by atoms with Crippen LogP contribution in [0.15, 0.2) is 12.4 Å². The van der Waals surface area contributed by atoms with E-state index in [1.807, 2.05) is 7.05 Å². The first-order valence-corrected chi connectivity index (χ1v) is 4.35. The van der Waals surface area contributed by atoms with Gasteiger partial charge in [-0.1, -0.05) is 11.6 Å². The highest BCUT2D eigenvalue weighted by molar-refractivity contribution is 6.30. The first-order valence-electron chi connectivity index (χ1n) is 3.98. The van der Waals surface area contributed by atoms with Gasteiger partial charge < -0.3 is 4.90 Å². The highest BCUT2D eigenvalue weighted by Crippen LogP contribution is 2.27. The van der Waals surface area contributed by atoms with Crippen molar-refractivity contribution in [3.8, 4) is 0 Å². The van der Waals surface area contributed by atoms with Gasteiger partial charge in [0.05, 0.1) is 17.4 Å². The van der Waals surface area contributed by atoms with Gasteiger partial charge in [0.1, 0.15) is 0 Å². The second-order valence-electron chi connectivity index (χ2n) is 3.04. The van der Waals surface area contributed by atoms with Crippen molar-refractivity contribution in [2.45, 2.75) is 18.9 Å². The molecule has 1 aromatic heterocycles. The van der Waals surface area contributed by atoms with Crippen LogP contribution in [-0.2, 0) is 0 Å². The van der Waals surface area contributed by atoms with Gasteiger partial charge in [0.25, 0.3) is 0 Å². The molecule has 12 heavy (non-hydrogen) atoms. The molecule has 2 rings (SSSR count). The Morgan fingerprint density at radius 3 is 2.50 bits per heavy atom. The largest absolute Gasteiger partial charge is 0.341 e. The Labute approximate surface area is 76.4 Å². The van der Waals surface area contributed by atoms with Crippen LogP contribution in [0.2, 0.25) is 5.02 Å². The van der Waals surface area contributed by atoms with Crippen LogP contribution in [-0.4, -0.2) is 23.1 Å². The van der Waals surface area contributed by atoms with Gasteiger partial charge in [0.2, 0.25) is 5.95 Å². The lowest BCUT2D eigenvalue weighted by Crippen LogP contribution is -2.21. The van der Waals surface area contributed by atoms with E-state index < -0.39 is 0 Å². The Balaban J connectivity index is 2.16. The normalized spacial score (nSPS) is 16.2. The summed E-state index contributed by atoms with van der Waals surface area (Å²) in [5.41, 5.74) is 0. The van der Waals surface area contributed by atoms with Crippen LogP contribution in [0.25, 0.3) is 0 Å². The molecule has 1 aromatic rings. The fourth-order valence-corrected chi connectivity index (χ4v) is 1.21.